The zero-order valence-electron chi connectivity index (χ0n) is 4.09. The van der Waals surface area contributed by atoms with Crippen LogP contribution in [0, 0.1) is 5.75 Å². The monoisotopic (exact) mass is 131 g/mol. The number of nitrogens with one attached hydrogen (secondary N) is 1. The van der Waals surface area contributed by atoms with Crippen LogP contribution in [0.2, 0.25) is 0 Å². The van der Waals surface area contributed by atoms with Crippen LogP contribution in [0.5, 0.6) is 0 Å². The van der Waals surface area contributed by atoms with Crippen LogP contribution in [-0.4, -0.2) is 17.9 Å². The second-order valence-electron chi connectivity index (χ2n) is 1.45. The highest BCUT2D eigenvalue weighted by Gasteiger charge is 2.25. The topological polar surface area (TPSA) is 52.2 Å². The van der Waals surface area contributed by atoms with Crippen LogP contribution in [-0.2, 0) is 4.79 Å². The quantitative estimate of drug-likeness (QED) is 0.443. The summed E-state index contributed by atoms with van der Waals surface area (Å²) in [7, 11) is 0. The first-order valence-corrected chi connectivity index (χ1v) is 3.25. The van der Waals surface area contributed by atoms with Gasteiger partial charge in [-0.05, 0) is 0 Å². The Kier molecular flexibility index (Phi) is 1.65. The average molecular weight is 131 g/mol. The Labute approximate surface area is 51.5 Å². The number of hydrogen-bond acceptors (Lipinski definition) is 4. The predicted octanol–water partition coefficient (Wildman–Crippen LogP) is -1.44. The first-order chi connectivity index (χ1) is 3.80. The Bertz CT molecular complexity index is 100. The lowest BCUT2D eigenvalue weighted by atomic mass is 10.4. The fourth-order valence-corrected chi connectivity index (χ4v) is 1.24. The zero-order valence-corrected chi connectivity index (χ0v) is 4.90. The summed E-state index contributed by atoms with van der Waals surface area (Å²) in [6, 6.07) is -0.542. The molecule has 4 heteroatoms. The molecule has 8 heavy (non-hydrogen) atoms. The standard InChI is InChI=1S/C4H5NO2S/c6-4(7)3-1-8-2-5-3/h1,3,5H,2H2/t3-/m1/s1. The van der Waals surface area contributed by atoms with E-state index in [1.54, 1.807) is 5.75 Å². The molecule has 1 saturated heterocycles. The minimum Gasteiger partial charge on any atom is -0.544 e. The number of hydrogen-bond donors (Lipinski definition) is 1. The summed E-state index contributed by atoms with van der Waals surface area (Å²) in [4.78, 5) is 9.98. The number of aliphatic carboxylic acids is 1. The maximum Gasteiger partial charge on any atom is 0.202 e. The van der Waals surface area contributed by atoms with Crippen molar-refractivity contribution in [1.82, 2.24) is 5.32 Å². The lowest BCUT2D eigenvalue weighted by Crippen LogP contribution is -2.41. The first kappa shape index (κ1) is 5.78. The third kappa shape index (κ3) is 1.08. The van der Waals surface area contributed by atoms with Gasteiger partial charge in [0.25, 0.3) is 0 Å². The highest BCUT2D eigenvalue weighted by Crippen LogP contribution is 2.13. The number of rotatable bonds is 1. The molecular formula is C4H5NO2S. The molecule has 0 unspecified atom stereocenters. The van der Waals surface area contributed by atoms with Gasteiger partial charge >= 0.3 is 0 Å². The third-order valence-electron chi connectivity index (χ3n) is 0.873. The lowest BCUT2D eigenvalue weighted by Gasteiger charge is -2.00. The molecule has 1 aliphatic heterocycles. The van der Waals surface area contributed by atoms with Gasteiger partial charge in [-0.1, -0.05) is 0 Å². The summed E-state index contributed by atoms with van der Waals surface area (Å²) in [5.41, 5.74) is 0. The fourth-order valence-electron chi connectivity index (χ4n) is 0.469. The van der Waals surface area contributed by atoms with E-state index < -0.39 is 12.0 Å². The molecule has 1 atom stereocenters. The van der Waals surface area contributed by atoms with Crippen LogP contribution in [0.25, 0.3) is 0 Å². The zero-order chi connectivity index (χ0) is 5.98. The van der Waals surface area contributed by atoms with Crippen LogP contribution >= 0.6 is 11.8 Å². The summed E-state index contributed by atoms with van der Waals surface area (Å²) in [5, 5.41) is 12.7. The van der Waals surface area contributed by atoms with Crippen molar-refractivity contribution in [3.05, 3.63) is 5.75 Å². The molecule has 1 N–H and O–H groups in total. The minimum atomic E-state index is -1.05. The van der Waals surface area contributed by atoms with Gasteiger partial charge in [0.1, 0.15) is 5.97 Å². The molecule has 1 fully saturated rings. The summed E-state index contributed by atoms with van der Waals surface area (Å²) in [5.74, 6) is 1.25. The molecule has 1 aliphatic rings. The Hall–Kier alpha value is -0.350. The van der Waals surface area contributed by atoms with E-state index in [1.807, 2.05) is 0 Å². The Morgan fingerprint density at radius 2 is 2.75 bits per heavy atom. The van der Waals surface area contributed by atoms with E-state index >= 15 is 0 Å². The SMILES string of the molecule is O=C([O-])[C@H]1[CH+]SCN1. The van der Waals surface area contributed by atoms with Gasteiger partial charge < -0.3 is 9.90 Å². The van der Waals surface area contributed by atoms with E-state index in [-0.39, 0.29) is 0 Å². The summed E-state index contributed by atoms with van der Waals surface area (Å²) < 4.78 is 0. The molecule has 1 rings (SSSR count). The van der Waals surface area contributed by atoms with Crippen molar-refractivity contribution in [3.8, 4) is 0 Å². The van der Waals surface area contributed by atoms with E-state index in [9.17, 15) is 9.90 Å². The smallest absolute Gasteiger partial charge is 0.202 e. The summed E-state index contributed by atoms with van der Waals surface area (Å²) >= 11 is 1.45. The van der Waals surface area contributed by atoms with Crippen molar-refractivity contribution in [2.24, 2.45) is 0 Å². The van der Waals surface area contributed by atoms with E-state index in [4.69, 9.17) is 0 Å². The summed E-state index contributed by atoms with van der Waals surface area (Å²) in [6.45, 7) is 0. The van der Waals surface area contributed by atoms with Gasteiger partial charge in [0, 0.05) is 0 Å². The maximum absolute atomic E-state index is 9.98. The minimum absolute atomic E-state index is 0.542. The molecule has 0 amide bonds. The van der Waals surface area contributed by atoms with E-state index in [0.29, 0.717) is 5.88 Å². The van der Waals surface area contributed by atoms with Crippen molar-refractivity contribution in [2.75, 3.05) is 5.88 Å². The van der Waals surface area contributed by atoms with Crippen molar-refractivity contribution < 1.29 is 9.90 Å². The van der Waals surface area contributed by atoms with E-state index in [1.165, 1.54) is 11.8 Å². The molecule has 44 valence electrons. The van der Waals surface area contributed by atoms with Gasteiger partial charge in [0.15, 0.2) is 5.75 Å². The third-order valence-corrected chi connectivity index (χ3v) is 1.67. The lowest BCUT2D eigenvalue weighted by molar-refractivity contribution is -0.306. The molecule has 0 aromatic heterocycles. The molecule has 0 bridgehead atoms. The van der Waals surface area contributed by atoms with Gasteiger partial charge in [0.2, 0.25) is 6.04 Å². The fraction of sp³-hybridized carbons (Fsp3) is 0.500. The number of thioether (sulfide) groups is 1. The van der Waals surface area contributed by atoms with Gasteiger partial charge in [-0.15, -0.1) is 0 Å². The number of carboxylic acids is 1. The van der Waals surface area contributed by atoms with E-state index in [2.05, 4.69) is 5.32 Å². The molecule has 0 aromatic carbocycles. The van der Waals surface area contributed by atoms with Crippen LogP contribution in [0.4, 0.5) is 0 Å². The first-order valence-electron chi connectivity index (χ1n) is 2.20. The number of carbonyl (C=O) groups excluding carboxylic acids is 1. The molecular weight excluding hydrogens is 126 g/mol. The van der Waals surface area contributed by atoms with Crippen molar-refractivity contribution in [2.45, 2.75) is 6.04 Å². The van der Waals surface area contributed by atoms with Gasteiger partial charge in [-0.2, -0.15) is 0 Å². The molecule has 3 nitrogen and oxygen atoms in total. The average Bonchev–Trinajstić information content (AvgIpc) is 2.12. The molecule has 0 radical (unpaired) electrons. The van der Waals surface area contributed by atoms with Gasteiger partial charge in [0.05, 0.1) is 17.6 Å². The van der Waals surface area contributed by atoms with Crippen molar-refractivity contribution in [3.63, 3.8) is 0 Å². The molecule has 0 saturated carbocycles. The van der Waals surface area contributed by atoms with Crippen molar-refractivity contribution >= 4 is 17.7 Å². The highest BCUT2D eigenvalue weighted by atomic mass is 32.2. The van der Waals surface area contributed by atoms with Crippen LogP contribution in [0.15, 0.2) is 0 Å². The Morgan fingerprint density at radius 1 is 2.00 bits per heavy atom. The number of carbonyl (C=O) groups is 1. The van der Waals surface area contributed by atoms with Crippen LogP contribution in [0.1, 0.15) is 0 Å². The van der Waals surface area contributed by atoms with Crippen molar-refractivity contribution in [1.29, 1.82) is 0 Å². The maximum atomic E-state index is 9.98. The molecule has 0 aliphatic carbocycles. The van der Waals surface area contributed by atoms with Gasteiger partial charge in [-0.25, -0.2) is 0 Å². The Balaban J connectivity index is 2.35. The van der Waals surface area contributed by atoms with Gasteiger partial charge in [-0.3, -0.25) is 5.32 Å². The highest BCUT2D eigenvalue weighted by molar-refractivity contribution is 8.01. The normalized spacial score (nSPS) is 27.2. The predicted molar refractivity (Wildman–Crippen MR) is 28.7 cm³/mol. The second kappa shape index (κ2) is 2.28. The van der Waals surface area contributed by atoms with Crippen LogP contribution < -0.4 is 10.4 Å². The molecule has 1 heterocycles. The molecule has 0 spiro atoms. The number of carboxylic acid groups (broad SMARTS) is 1. The Morgan fingerprint density at radius 3 is 3.00 bits per heavy atom. The van der Waals surface area contributed by atoms with Crippen LogP contribution in [0.3, 0.4) is 0 Å². The van der Waals surface area contributed by atoms with E-state index in [0.717, 1.165) is 0 Å². The second-order valence-corrected chi connectivity index (χ2v) is 2.34. The molecule has 0 aromatic rings. The largest absolute Gasteiger partial charge is 0.544 e. The summed E-state index contributed by atoms with van der Waals surface area (Å²) in [6.07, 6.45) is 0.